The number of halogens is 3. The molecular weight excluding hydrogens is 269 g/mol. The van der Waals surface area contributed by atoms with Crippen LogP contribution >= 0.6 is 0 Å². The van der Waals surface area contributed by atoms with Crippen molar-refractivity contribution in [3.05, 3.63) is 0 Å². The third-order valence-electron chi connectivity index (χ3n) is 2.52. The van der Waals surface area contributed by atoms with Crippen molar-refractivity contribution in [2.45, 2.75) is 29.9 Å². The maximum atomic E-state index is 12.1. The van der Waals surface area contributed by atoms with Crippen LogP contribution in [0, 0.1) is 0 Å². The lowest BCUT2D eigenvalue weighted by atomic mass is 10.1. The van der Waals surface area contributed by atoms with Crippen LogP contribution in [0.3, 0.4) is 0 Å². The molecule has 0 aliphatic carbocycles. The quantitative estimate of drug-likeness (QED) is 0.535. The molecule has 17 heavy (non-hydrogen) atoms. The summed E-state index contributed by atoms with van der Waals surface area (Å²) in [4.78, 5) is 0. The van der Waals surface area contributed by atoms with Crippen molar-refractivity contribution in [2.24, 2.45) is 0 Å². The predicted molar refractivity (Wildman–Crippen MR) is 45.3 cm³/mol. The number of alkyl halides is 3. The molecule has 2 fully saturated rings. The second-order valence-electron chi connectivity index (χ2n) is 3.70. The molecule has 10 heteroatoms. The molecule has 0 amide bonds. The minimum Gasteiger partial charge on any atom is -0.388 e. The first kappa shape index (κ1) is 13.0. The average molecular weight is 278 g/mol. The van der Waals surface area contributed by atoms with Crippen LogP contribution in [0.2, 0.25) is 0 Å². The maximum absolute atomic E-state index is 12.1. The number of aliphatic hydroxyl groups excluding tert-OH is 1. The van der Waals surface area contributed by atoms with Gasteiger partial charge < -0.3 is 14.6 Å². The van der Waals surface area contributed by atoms with Crippen LogP contribution in [0.25, 0.3) is 0 Å². The van der Waals surface area contributed by atoms with Gasteiger partial charge in [0.15, 0.2) is 0 Å². The molecule has 2 aliphatic heterocycles. The summed E-state index contributed by atoms with van der Waals surface area (Å²) in [5, 5.41) is 9.30. The third-order valence-corrected chi connectivity index (χ3v) is 3.58. The van der Waals surface area contributed by atoms with E-state index in [-0.39, 0.29) is 13.2 Å². The van der Waals surface area contributed by atoms with Gasteiger partial charge in [0, 0.05) is 0 Å². The number of aliphatic hydroxyl groups is 1. The molecular formula is C7H9F3O6S. The van der Waals surface area contributed by atoms with Crippen molar-refractivity contribution in [2.75, 3.05) is 13.2 Å². The summed E-state index contributed by atoms with van der Waals surface area (Å²) in [5.74, 6) is 0. The zero-order valence-electron chi connectivity index (χ0n) is 8.25. The van der Waals surface area contributed by atoms with Crippen LogP contribution in [0.5, 0.6) is 0 Å². The van der Waals surface area contributed by atoms with Crippen molar-refractivity contribution < 1.29 is 40.4 Å². The molecule has 0 aromatic heterocycles. The summed E-state index contributed by atoms with van der Waals surface area (Å²) in [6.07, 6.45) is -4.21. The van der Waals surface area contributed by atoms with E-state index in [0.29, 0.717) is 0 Å². The summed E-state index contributed by atoms with van der Waals surface area (Å²) < 4.78 is 71.6. The van der Waals surface area contributed by atoms with Crippen LogP contribution in [0.1, 0.15) is 0 Å². The second-order valence-corrected chi connectivity index (χ2v) is 5.26. The Morgan fingerprint density at radius 2 is 1.76 bits per heavy atom. The summed E-state index contributed by atoms with van der Waals surface area (Å²) in [6.45, 7) is -0.497. The Hall–Kier alpha value is -0.420. The monoisotopic (exact) mass is 278 g/mol. The molecule has 0 spiro atoms. The van der Waals surface area contributed by atoms with E-state index in [1.54, 1.807) is 0 Å². The zero-order valence-corrected chi connectivity index (χ0v) is 9.07. The Morgan fingerprint density at radius 1 is 1.18 bits per heavy atom. The fourth-order valence-corrected chi connectivity index (χ4v) is 2.34. The second kappa shape index (κ2) is 4.05. The Morgan fingerprint density at radius 3 is 2.35 bits per heavy atom. The molecule has 0 radical (unpaired) electrons. The predicted octanol–water partition coefficient (Wildman–Crippen LogP) is -0.620. The number of hydrogen-bond donors (Lipinski definition) is 1. The Balaban J connectivity index is 2.07. The van der Waals surface area contributed by atoms with Gasteiger partial charge in [-0.3, -0.25) is 4.18 Å². The molecule has 2 rings (SSSR count). The number of fused-ring (bicyclic) bond motifs is 1. The largest absolute Gasteiger partial charge is 0.523 e. The third kappa shape index (κ3) is 2.27. The minimum atomic E-state index is -5.68. The lowest BCUT2D eigenvalue weighted by Gasteiger charge is -2.17. The molecule has 0 unspecified atom stereocenters. The molecule has 0 bridgehead atoms. The Bertz CT molecular complexity index is 393. The van der Waals surface area contributed by atoms with E-state index in [4.69, 9.17) is 9.47 Å². The van der Waals surface area contributed by atoms with E-state index >= 15 is 0 Å². The van der Waals surface area contributed by atoms with Crippen molar-refractivity contribution in [3.8, 4) is 0 Å². The van der Waals surface area contributed by atoms with Gasteiger partial charge in [-0.05, 0) is 0 Å². The Labute approximate surface area is 94.4 Å². The van der Waals surface area contributed by atoms with Crippen LogP contribution in [0.15, 0.2) is 0 Å². The topological polar surface area (TPSA) is 82.1 Å². The van der Waals surface area contributed by atoms with Crippen LogP contribution in [-0.2, 0) is 23.8 Å². The van der Waals surface area contributed by atoms with E-state index in [1.165, 1.54) is 0 Å². The van der Waals surface area contributed by atoms with E-state index < -0.39 is 40.0 Å². The number of hydrogen-bond acceptors (Lipinski definition) is 6. The van der Waals surface area contributed by atoms with Gasteiger partial charge in [-0.15, -0.1) is 0 Å². The first-order chi connectivity index (χ1) is 7.72. The first-order valence-corrected chi connectivity index (χ1v) is 6.04. The highest BCUT2D eigenvalue weighted by atomic mass is 32.2. The van der Waals surface area contributed by atoms with Crippen molar-refractivity contribution >= 4 is 10.1 Å². The molecule has 100 valence electrons. The van der Waals surface area contributed by atoms with Gasteiger partial charge in [-0.2, -0.15) is 21.6 Å². The fourth-order valence-electron chi connectivity index (χ4n) is 1.74. The Kier molecular flexibility index (Phi) is 3.11. The average Bonchev–Trinajstić information content (AvgIpc) is 2.70. The molecule has 2 aliphatic rings. The highest BCUT2D eigenvalue weighted by molar-refractivity contribution is 7.87. The van der Waals surface area contributed by atoms with Crippen molar-refractivity contribution in [1.82, 2.24) is 0 Å². The normalized spacial score (nSPS) is 38.4. The van der Waals surface area contributed by atoms with Crippen LogP contribution < -0.4 is 0 Å². The molecule has 2 saturated heterocycles. The van der Waals surface area contributed by atoms with Gasteiger partial charge in [0.1, 0.15) is 24.4 Å². The standard InChI is InChI=1S/C7H9F3O6S/c8-7(9,10)17(12,13)16-4-2-15-5-3(11)1-14-6(4)5/h3-6,11H,1-2H2/t3-,4-,5-,6-/m1/s1. The van der Waals surface area contributed by atoms with E-state index in [1.807, 2.05) is 0 Å². The van der Waals surface area contributed by atoms with E-state index in [0.717, 1.165) is 0 Å². The zero-order chi connectivity index (χ0) is 12.8. The molecule has 0 aromatic rings. The molecule has 4 atom stereocenters. The molecule has 0 saturated carbocycles. The molecule has 2 heterocycles. The molecule has 0 aromatic carbocycles. The SMILES string of the molecule is O=S(=O)(O[C@@H]1CO[C@H]2[C@@H]1OC[C@H]2O)C(F)(F)F. The van der Waals surface area contributed by atoms with Gasteiger partial charge in [0.2, 0.25) is 0 Å². The van der Waals surface area contributed by atoms with Gasteiger partial charge in [0.25, 0.3) is 0 Å². The smallest absolute Gasteiger partial charge is 0.388 e. The molecule has 1 N–H and O–H groups in total. The highest BCUT2D eigenvalue weighted by Gasteiger charge is 2.54. The lowest BCUT2D eigenvalue weighted by molar-refractivity contribution is -0.0629. The van der Waals surface area contributed by atoms with Gasteiger partial charge >= 0.3 is 15.6 Å². The fraction of sp³-hybridized carbons (Fsp3) is 1.00. The van der Waals surface area contributed by atoms with Gasteiger partial charge in [-0.25, -0.2) is 0 Å². The lowest BCUT2D eigenvalue weighted by Crippen LogP contribution is -2.37. The first-order valence-electron chi connectivity index (χ1n) is 4.63. The summed E-state index contributed by atoms with van der Waals surface area (Å²) in [5.41, 5.74) is -5.48. The van der Waals surface area contributed by atoms with Crippen molar-refractivity contribution in [1.29, 1.82) is 0 Å². The summed E-state index contributed by atoms with van der Waals surface area (Å²) in [7, 11) is -5.68. The van der Waals surface area contributed by atoms with Crippen LogP contribution in [-0.4, -0.2) is 56.7 Å². The number of ether oxygens (including phenoxy) is 2. The number of rotatable bonds is 2. The minimum absolute atomic E-state index is 0.124. The van der Waals surface area contributed by atoms with Gasteiger partial charge in [-0.1, -0.05) is 0 Å². The van der Waals surface area contributed by atoms with Crippen molar-refractivity contribution in [3.63, 3.8) is 0 Å². The summed E-state index contributed by atoms with van der Waals surface area (Å²) >= 11 is 0. The maximum Gasteiger partial charge on any atom is 0.523 e. The van der Waals surface area contributed by atoms with Gasteiger partial charge in [0.05, 0.1) is 13.2 Å². The summed E-state index contributed by atoms with van der Waals surface area (Å²) in [6, 6.07) is 0. The van der Waals surface area contributed by atoms with E-state index in [2.05, 4.69) is 4.18 Å². The van der Waals surface area contributed by atoms with E-state index in [9.17, 15) is 26.7 Å². The highest BCUT2D eigenvalue weighted by Crippen LogP contribution is 2.33. The van der Waals surface area contributed by atoms with Crippen LogP contribution in [0.4, 0.5) is 13.2 Å². The molecule has 6 nitrogen and oxygen atoms in total.